The molecule has 1 rings (SSSR count). The van der Waals surface area contributed by atoms with Crippen LogP contribution in [0.25, 0.3) is 0 Å². The number of hydrogen-bond acceptors (Lipinski definition) is 4. The number of aromatic nitrogens is 1. The summed E-state index contributed by atoms with van der Waals surface area (Å²) in [7, 11) is 2.39. The SMILES string of the molecule is CCn1cc(S(=O)(=O)NCCCN(C)C)cc1CNC. The highest BCUT2D eigenvalue weighted by Crippen LogP contribution is 2.14. The fourth-order valence-electron chi connectivity index (χ4n) is 1.98. The van der Waals surface area contributed by atoms with Crippen LogP contribution in [0.5, 0.6) is 0 Å². The summed E-state index contributed by atoms with van der Waals surface area (Å²) in [4.78, 5) is 2.38. The minimum atomic E-state index is -3.41. The van der Waals surface area contributed by atoms with Gasteiger partial charge in [0.25, 0.3) is 0 Å². The lowest BCUT2D eigenvalue weighted by Crippen LogP contribution is -2.27. The van der Waals surface area contributed by atoms with Gasteiger partial charge < -0.3 is 14.8 Å². The smallest absolute Gasteiger partial charge is 0.242 e. The number of nitrogens with zero attached hydrogens (tertiary/aromatic N) is 2. The predicted molar refractivity (Wildman–Crippen MR) is 81.2 cm³/mol. The number of rotatable bonds is 9. The van der Waals surface area contributed by atoms with Crippen LogP contribution in [0.15, 0.2) is 17.2 Å². The molecule has 0 radical (unpaired) electrons. The maximum absolute atomic E-state index is 12.2. The summed E-state index contributed by atoms with van der Waals surface area (Å²) < 4.78 is 29.0. The van der Waals surface area contributed by atoms with E-state index in [-0.39, 0.29) is 0 Å². The molecule has 7 heteroatoms. The molecular formula is C13H26N4O2S. The Morgan fingerprint density at radius 2 is 2.05 bits per heavy atom. The zero-order chi connectivity index (χ0) is 15.2. The highest BCUT2D eigenvalue weighted by atomic mass is 32.2. The van der Waals surface area contributed by atoms with Crippen LogP contribution in [0.3, 0.4) is 0 Å². The highest BCUT2D eigenvalue weighted by molar-refractivity contribution is 7.89. The second-order valence-corrected chi connectivity index (χ2v) is 6.81. The largest absolute Gasteiger partial charge is 0.349 e. The van der Waals surface area contributed by atoms with Crippen molar-refractivity contribution in [2.75, 3.05) is 34.2 Å². The molecule has 0 spiro atoms. The monoisotopic (exact) mass is 302 g/mol. The first-order valence-corrected chi connectivity index (χ1v) is 8.37. The summed E-state index contributed by atoms with van der Waals surface area (Å²) in [5, 5.41) is 3.05. The van der Waals surface area contributed by atoms with E-state index in [9.17, 15) is 8.42 Å². The zero-order valence-corrected chi connectivity index (χ0v) is 13.6. The fourth-order valence-corrected chi connectivity index (χ4v) is 3.12. The van der Waals surface area contributed by atoms with E-state index in [4.69, 9.17) is 0 Å². The zero-order valence-electron chi connectivity index (χ0n) is 12.8. The van der Waals surface area contributed by atoms with Crippen LogP contribution >= 0.6 is 0 Å². The van der Waals surface area contributed by atoms with Crippen LogP contribution in [0.2, 0.25) is 0 Å². The van der Waals surface area contributed by atoms with Gasteiger partial charge in [-0.25, -0.2) is 13.1 Å². The maximum Gasteiger partial charge on any atom is 0.242 e. The third-order valence-corrected chi connectivity index (χ3v) is 4.47. The minimum absolute atomic E-state index is 0.342. The predicted octanol–water partition coefficient (Wildman–Crippen LogP) is 0.457. The van der Waals surface area contributed by atoms with Crippen molar-refractivity contribution in [2.24, 2.45) is 0 Å². The molecule has 0 saturated carbocycles. The van der Waals surface area contributed by atoms with E-state index in [1.54, 1.807) is 12.3 Å². The van der Waals surface area contributed by atoms with Crippen LogP contribution in [-0.4, -0.2) is 52.1 Å². The average Bonchev–Trinajstić information content (AvgIpc) is 2.79. The van der Waals surface area contributed by atoms with Crippen LogP contribution in [-0.2, 0) is 23.1 Å². The van der Waals surface area contributed by atoms with Crippen LogP contribution in [0.4, 0.5) is 0 Å². The van der Waals surface area contributed by atoms with E-state index >= 15 is 0 Å². The summed E-state index contributed by atoms with van der Waals surface area (Å²) in [6.07, 6.45) is 2.49. The van der Waals surface area contributed by atoms with Gasteiger partial charge in [-0.3, -0.25) is 0 Å². The molecule has 1 heterocycles. The Bertz CT molecular complexity index is 508. The van der Waals surface area contributed by atoms with E-state index in [1.165, 1.54) is 0 Å². The Hall–Kier alpha value is -0.890. The molecule has 0 aliphatic rings. The van der Waals surface area contributed by atoms with Crippen molar-refractivity contribution in [3.8, 4) is 0 Å². The van der Waals surface area contributed by atoms with Gasteiger partial charge in [0.2, 0.25) is 10.0 Å². The lowest BCUT2D eigenvalue weighted by molar-refractivity contribution is 0.400. The van der Waals surface area contributed by atoms with Crippen molar-refractivity contribution in [1.82, 2.24) is 19.5 Å². The Kier molecular flexibility index (Phi) is 6.67. The molecule has 6 nitrogen and oxygen atoms in total. The lowest BCUT2D eigenvalue weighted by atomic mass is 10.4. The minimum Gasteiger partial charge on any atom is -0.349 e. The van der Waals surface area contributed by atoms with E-state index in [1.807, 2.05) is 37.5 Å². The second-order valence-electron chi connectivity index (χ2n) is 5.04. The Morgan fingerprint density at radius 1 is 1.35 bits per heavy atom. The lowest BCUT2D eigenvalue weighted by Gasteiger charge is -2.09. The molecule has 1 aromatic heterocycles. The van der Waals surface area contributed by atoms with Crippen molar-refractivity contribution in [2.45, 2.75) is 31.3 Å². The molecule has 0 aromatic carbocycles. The van der Waals surface area contributed by atoms with Crippen LogP contribution in [0, 0.1) is 0 Å². The van der Waals surface area contributed by atoms with E-state index in [0.29, 0.717) is 18.0 Å². The molecule has 0 atom stereocenters. The number of nitrogens with one attached hydrogen (secondary N) is 2. The van der Waals surface area contributed by atoms with Gasteiger partial charge in [-0.1, -0.05) is 0 Å². The topological polar surface area (TPSA) is 66.4 Å². The third kappa shape index (κ3) is 4.90. The standard InChI is InChI=1S/C13H26N4O2S/c1-5-17-11-13(9-12(17)10-14-2)20(18,19)15-7-6-8-16(3)4/h9,11,14-15H,5-8,10H2,1-4H3. The molecule has 0 unspecified atom stereocenters. The second kappa shape index (κ2) is 7.78. The molecule has 116 valence electrons. The molecule has 0 bridgehead atoms. The molecule has 0 saturated heterocycles. The van der Waals surface area contributed by atoms with Crippen molar-refractivity contribution < 1.29 is 8.42 Å². The van der Waals surface area contributed by atoms with Gasteiger partial charge in [0.05, 0.1) is 4.90 Å². The molecular weight excluding hydrogens is 276 g/mol. The van der Waals surface area contributed by atoms with Crippen LogP contribution < -0.4 is 10.0 Å². The van der Waals surface area contributed by atoms with Crippen molar-refractivity contribution in [3.63, 3.8) is 0 Å². The van der Waals surface area contributed by atoms with Gasteiger partial charge >= 0.3 is 0 Å². The maximum atomic E-state index is 12.2. The summed E-state index contributed by atoms with van der Waals surface area (Å²) in [5.74, 6) is 0. The summed E-state index contributed by atoms with van der Waals surface area (Å²) in [6.45, 7) is 4.74. The Morgan fingerprint density at radius 3 is 2.60 bits per heavy atom. The van der Waals surface area contributed by atoms with Crippen molar-refractivity contribution >= 4 is 10.0 Å². The number of sulfonamides is 1. The summed E-state index contributed by atoms with van der Waals surface area (Å²) >= 11 is 0. The van der Waals surface area contributed by atoms with Gasteiger partial charge in [0.15, 0.2) is 0 Å². The molecule has 0 aliphatic carbocycles. The van der Waals surface area contributed by atoms with Gasteiger partial charge in [0, 0.05) is 31.5 Å². The molecule has 1 aromatic rings. The number of hydrogen-bond donors (Lipinski definition) is 2. The van der Waals surface area contributed by atoms with Crippen molar-refractivity contribution in [1.29, 1.82) is 0 Å². The van der Waals surface area contributed by atoms with E-state index in [0.717, 1.165) is 25.2 Å². The molecule has 0 fully saturated rings. The van der Waals surface area contributed by atoms with Gasteiger partial charge in [-0.2, -0.15) is 0 Å². The molecule has 0 amide bonds. The Balaban J connectivity index is 2.71. The quantitative estimate of drug-likeness (QED) is 0.650. The summed E-state index contributed by atoms with van der Waals surface area (Å²) in [5.41, 5.74) is 0.976. The summed E-state index contributed by atoms with van der Waals surface area (Å²) in [6, 6.07) is 1.73. The first-order chi connectivity index (χ1) is 9.40. The van der Waals surface area contributed by atoms with Gasteiger partial charge in [-0.15, -0.1) is 0 Å². The van der Waals surface area contributed by atoms with Crippen LogP contribution in [0.1, 0.15) is 19.0 Å². The van der Waals surface area contributed by atoms with Gasteiger partial charge in [-0.05, 0) is 47.1 Å². The average molecular weight is 302 g/mol. The Labute approximate surface area is 122 Å². The normalized spacial score (nSPS) is 12.2. The van der Waals surface area contributed by atoms with E-state index in [2.05, 4.69) is 10.0 Å². The third-order valence-electron chi connectivity index (χ3n) is 3.04. The molecule has 0 aliphatic heterocycles. The first-order valence-electron chi connectivity index (χ1n) is 6.88. The van der Waals surface area contributed by atoms with Crippen molar-refractivity contribution in [3.05, 3.63) is 18.0 Å². The number of aryl methyl sites for hydroxylation is 1. The fraction of sp³-hybridized carbons (Fsp3) is 0.692. The molecule has 2 N–H and O–H groups in total. The highest BCUT2D eigenvalue weighted by Gasteiger charge is 2.17. The molecule has 20 heavy (non-hydrogen) atoms. The van der Waals surface area contributed by atoms with Gasteiger partial charge in [0.1, 0.15) is 0 Å². The van der Waals surface area contributed by atoms with E-state index < -0.39 is 10.0 Å². The first kappa shape index (κ1) is 17.2.